The molecule has 1 aromatic rings. The largest absolute Gasteiger partial charge is 0.341 e. The number of hydrogen-bond donors (Lipinski definition) is 1. The number of alkyl halides is 2. The Kier molecular flexibility index (Phi) is 4.88. The molecule has 0 bridgehead atoms. The van der Waals surface area contributed by atoms with Gasteiger partial charge in [-0.05, 0) is 51.1 Å². The number of hydrogen-bond acceptors (Lipinski definition) is 4. The van der Waals surface area contributed by atoms with Gasteiger partial charge in [0.25, 0.3) is 11.8 Å². The van der Waals surface area contributed by atoms with E-state index in [1.54, 1.807) is 11.1 Å². The molecule has 0 unspecified atom stereocenters. The lowest BCUT2D eigenvalue weighted by molar-refractivity contribution is -0.163. The molecule has 4 fully saturated rings. The molecule has 9 heteroatoms. The standard InChI is InChI=1S/C22H31F2N5O2/c1-20(23,24)22(4-5-22)19(31)28-14-21(15-28)6-9-27(13-21)18(30)17-10-26-29(12-17)11-16-2-7-25-8-3-16/h10,12,16,25H,2-9,11,13-15H2,1H3. The van der Waals surface area contributed by atoms with E-state index in [1.165, 1.54) is 0 Å². The first-order chi connectivity index (χ1) is 14.7. The normalized spacial score (nSPS) is 25.0. The molecule has 3 saturated heterocycles. The van der Waals surface area contributed by atoms with Crippen LogP contribution in [0.3, 0.4) is 0 Å². The van der Waals surface area contributed by atoms with Gasteiger partial charge in [0.05, 0.1) is 11.8 Å². The third kappa shape index (κ3) is 3.64. The molecular weight excluding hydrogens is 404 g/mol. The van der Waals surface area contributed by atoms with E-state index in [4.69, 9.17) is 0 Å². The Bertz CT molecular complexity index is 863. The van der Waals surface area contributed by atoms with Crippen LogP contribution in [0, 0.1) is 16.7 Å². The molecule has 1 aliphatic carbocycles. The minimum Gasteiger partial charge on any atom is -0.341 e. The predicted octanol–water partition coefficient (Wildman–Crippen LogP) is 1.99. The molecule has 7 nitrogen and oxygen atoms in total. The van der Waals surface area contributed by atoms with Gasteiger partial charge in [-0.1, -0.05) is 0 Å². The second-order valence-electron chi connectivity index (χ2n) is 10.3. The van der Waals surface area contributed by atoms with Gasteiger partial charge in [-0.25, -0.2) is 8.78 Å². The number of halogens is 2. The monoisotopic (exact) mass is 435 g/mol. The van der Waals surface area contributed by atoms with Gasteiger partial charge in [0.2, 0.25) is 5.91 Å². The van der Waals surface area contributed by atoms with Crippen molar-refractivity contribution in [3.8, 4) is 0 Å². The third-order valence-corrected chi connectivity index (χ3v) is 7.85. The van der Waals surface area contributed by atoms with E-state index in [-0.39, 0.29) is 24.2 Å². The molecule has 0 atom stereocenters. The summed E-state index contributed by atoms with van der Waals surface area (Å²) in [6.07, 6.45) is 7.07. The Morgan fingerprint density at radius 3 is 2.48 bits per heavy atom. The Morgan fingerprint density at radius 2 is 1.84 bits per heavy atom. The maximum atomic E-state index is 13.9. The van der Waals surface area contributed by atoms with Crippen molar-refractivity contribution in [2.75, 3.05) is 39.3 Å². The summed E-state index contributed by atoms with van der Waals surface area (Å²) < 4.78 is 29.7. The summed E-state index contributed by atoms with van der Waals surface area (Å²) in [5.41, 5.74) is -1.03. The Balaban J connectivity index is 1.15. The van der Waals surface area contributed by atoms with Crippen molar-refractivity contribution in [1.82, 2.24) is 24.9 Å². The molecule has 1 saturated carbocycles. The minimum absolute atomic E-state index is 0.0306. The van der Waals surface area contributed by atoms with Crippen LogP contribution in [0.5, 0.6) is 0 Å². The number of nitrogens with zero attached hydrogens (tertiary/aromatic N) is 4. The zero-order chi connectivity index (χ0) is 21.9. The summed E-state index contributed by atoms with van der Waals surface area (Å²) in [5, 5.41) is 7.75. The summed E-state index contributed by atoms with van der Waals surface area (Å²) in [6.45, 7) is 5.91. The van der Waals surface area contributed by atoms with Crippen LogP contribution in [0.4, 0.5) is 8.78 Å². The van der Waals surface area contributed by atoms with E-state index in [0.29, 0.717) is 37.7 Å². The van der Waals surface area contributed by atoms with Crippen LogP contribution in [-0.2, 0) is 11.3 Å². The quantitative estimate of drug-likeness (QED) is 0.768. The summed E-state index contributed by atoms with van der Waals surface area (Å²) >= 11 is 0. The van der Waals surface area contributed by atoms with Crippen LogP contribution in [0.2, 0.25) is 0 Å². The van der Waals surface area contributed by atoms with Gasteiger partial charge in [0.1, 0.15) is 5.41 Å². The maximum absolute atomic E-state index is 13.9. The molecule has 170 valence electrons. The van der Waals surface area contributed by atoms with Gasteiger partial charge in [0.15, 0.2) is 0 Å². The summed E-state index contributed by atoms with van der Waals surface area (Å²) in [5.74, 6) is -2.83. The van der Waals surface area contributed by atoms with E-state index < -0.39 is 17.2 Å². The average molecular weight is 436 g/mol. The molecule has 0 aromatic carbocycles. The van der Waals surface area contributed by atoms with E-state index in [9.17, 15) is 18.4 Å². The number of amides is 2. The lowest BCUT2D eigenvalue weighted by Gasteiger charge is -2.49. The van der Waals surface area contributed by atoms with Gasteiger partial charge in [0, 0.05) is 51.3 Å². The smallest absolute Gasteiger partial charge is 0.259 e. The van der Waals surface area contributed by atoms with Crippen molar-refractivity contribution in [2.24, 2.45) is 16.7 Å². The SMILES string of the molecule is CC(F)(F)C1(C(=O)N2CC3(CCN(C(=O)c4cnn(CC5CCNCC5)c4)C3)C2)CC1. The third-order valence-electron chi connectivity index (χ3n) is 7.85. The summed E-state index contributed by atoms with van der Waals surface area (Å²) in [4.78, 5) is 29.0. The highest BCUT2D eigenvalue weighted by molar-refractivity contribution is 5.94. The zero-order valence-electron chi connectivity index (χ0n) is 18.1. The predicted molar refractivity (Wildman–Crippen MR) is 110 cm³/mol. The molecule has 5 rings (SSSR count). The highest BCUT2D eigenvalue weighted by Gasteiger charge is 2.67. The van der Waals surface area contributed by atoms with Crippen LogP contribution < -0.4 is 5.32 Å². The first-order valence-electron chi connectivity index (χ1n) is 11.4. The average Bonchev–Trinajstić information content (AvgIpc) is 3.22. The van der Waals surface area contributed by atoms with Crippen LogP contribution in [0.15, 0.2) is 12.4 Å². The Hall–Kier alpha value is -2.03. The fourth-order valence-electron chi connectivity index (χ4n) is 5.63. The molecule has 4 aliphatic rings. The molecule has 2 amide bonds. The summed E-state index contributed by atoms with van der Waals surface area (Å²) in [6, 6.07) is 0. The molecule has 3 aliphatic heterocycles. The molecule has 1 N–H and O–H groups in total. The lowest BCUT2D eigenvalue weighted by atomic mass is 9.77. The molecule has 1 aromatic heterocycles. The fraction of sp³-hybridized carbons (Fsp3) is 0.773. The van der Waals surface area contributed by atoms with Crippen molar-refractivity contribution in [3.05, 3.63) is 18.0 Å². The molecular formula is C22H31F2N5O2. The fourth-order valence-corrected chi connectivity index (χ4v) is 5.63. The van der Waals surface area contributed by atoms with Gasteiger partial charge < -0.3 is 15.1 Å². The van der Waals surface area contributed by atoms with Crippen LogP contribution in [0.1, 0.15) is 49.4 Å². The number of nitrogens with one attached hydrogen (secondary N) is 1. The number of rotatable bonds is 5. The first kappa shape index (κ1) is 20.8. The van der Waals surface area contributed by atoms with E-state index in [0.717, 1.165) is 45.8 Å². The molecule has 4 heterocycles. The number of piperidine rings is 1. The van der Waals surface area contributed by atoms with Crippen molar-refractivity contribution in [1.29, 1.82) is 0 Å². The highest BCUT2D eigenvalue weighted by Crippen LogP contribution is 2.59. The number of carbonyl (C=O) groups is 2. The topological polar surface area (TPSA) is 70.5 Å². The van der Waals surface area contributed by atoms with Crippen LogP contribution in [0.25, 0.3) is 0 Å². The first-order valence-corrected chi connectivity index (χ1v) is 11.4. The molecule has 0 radical (unpaired) electrons. The van der Waals surface area contributed by atoms with Gasteiger partial charge >= 0.3 is 0 Å². The lowest BCUT2D eigenvalue weighted by Crippen LogP contribution is -2.62. The van der Waals surface area contributed by atoms with E-state index in [2.05, 4.69) is 10.4 Å². The van der Waals surface area contributed by atoms with Gasteiger partial charge in [-0.15, -0.1) is 0 Å². The highest BCUT2D eigenvalue weighted by atomic mass is 19.3. The minimum atomic E-state index is -2.97. The number of likely N-dealkylation sites (tertiary alicyclic amines) is 2. The zero-order valence-corrected chi connectivity index (χ0v) is 18.1. The second kappa shape index (κ2) is 7.25. The maximum Gasteiger partial charge on any atom is 0.259 e. The second-order valence-corrected chi connectivity index (χ2v) is 10.3. The molecule has 1 spiro atoms. The van der Waals surface area contributed by atoms with Gasteiger partial charge in [-0.2, -0.15) is 5.10 Å². The number of carbonyl (C=O) groups excluding carboxylic acids is 2. The Morgan fingerprint density at radius 1 is 1.16 bits per heavy atom. The van der Waals surface area contributed by atoms with Gasteiger partial charge in [-0.3, -0.25) is 14.3 Å². The van der Waals surface area contributed by atoms with Crippen LogP contribution >= 0.6 is 0 Å². The van der Waals surface area contributed by atoms with Crippen molar-refractivity contribution < 1.29 is 18.4 Å². The van der Waals surface area contributed by atoms with Crippen molar-refractivity contribution in [2.45, 2.75) is 51.5 Å². The van der Waals surface area contributed by atoms with Crippen molar-refractivity contribution >= 4 is 11.8 Å². The molecule has 31 heavy (non-hydrogen) atoms. The van der Waals surface area contributed by atoms with E-state index in [1.807, 2.05) is 15.8 Å². The van der Waals surface area contributed by atoms with E-state index >= 15 is 0 Å². The Labute approximate surface area is 181 Å². The van der Waals surface area contributed by atoms with Crippen LogP contribution in [-0.4, -0.2) is 76.6 Å². The summed E-state index contributed by atoms with van der Waals surface area (Å²) in [7, 11) is 0. The number of aromatic nitrogens is 2. The van der Waals surface area contributed by atoms with Crippen molar-refractivity contribution in [3.63, 3.8) is 0 Å².